The van der Waals surface area contributed by atoms with Gasteiger partial charge in [0.1, 0.15) is 0 Å². The minimum atomic E-state index is 0.0382. The van der Waals surface area contributed by atoms with E-state index in [9.17, 15) is 4.79 Å². The van der Waals surface area contributed by atoms with Crippen LogP contribution in [0, 0.1) is 0 Å². The summed E-state index contributed by atoms with van der Waals surface area (Å²) < 4.78 is 1.85. The summed E-state index contributed by atoms with van der Waals surface area (Å²) in [6.45, 7) is 2.79. The summed E-state index contributed by atoms with van der Waals surface area (Å²) >= 11 is 0. The molecule has 0 spiro atoms. The Morgan fingerprint density at radius 3 is 2.65 bits per heavy atom. The Kier molecular flexibility index (Phi) is 3.33. The summed E-state index contributed by atoms with van der Waals surface area (Å²) in [5, 5.41) is 0.681. The first kappa shape index (κ1) is 12.6. The van der Waals surface area contributed by atoms with Gasteiger partial charge in [0.2, 0.25) is 0 Å². The lowest BCUT2D eigenvalue weighted by atomic mass is 10.1. The normalized spacial score (nSPS) is 10.8. The molecule has 0 fully saturated rings. The molecule has 0 amide bonds. The Bertz CT molecular complexity index is 791. The summed E-state index contributed by atoms with van der Waals surface area (Å²) in [6, 6.07) is 15.6. The van der Waals surface area contributed by atoms with Crippen LogP contribution < -0.4 is 5.56 Å². The van der Waals surface area contributed by atoms with Gasteiger partial charge < -0.3 is 4.57 Å². The second kappa shape index (κ2) is 5.29. The van der Waals surface area contributed by atoms with E-state index in [0.29, 0.717) is 11.9 Å². The molecule has 0 saturated carbocycles. The van der Waals surface area contributed by atoms with Crippen LogP contribution in [0.5, 0.6) is 0 Å². The van der Waals surface area contributed by atoms with E-state index < -0.39 is 0 Å². The Labute approximate surface area is 117 Å². The first-order valence-electron chi connectivity index (χ1n) is 6.85. The molecule has 0 bridgehead atoms. The number of pyridine rings is 2. The smallest absolute Gasteiger partial charge is 0.260 e. The second-order valence-corrected chi connectivity index (χ2v) is 4.79. The van der Waals surface area contributed by atoms with Crippen LogP contribution in [0.15, 0.2) is 59.5 Å². The van der Waals surface area contributed by atoms with Crippen molar-refractivity contribution in [2.45, 2.75) is 19.9 Å². The standard InChI is InChI=1S/C17H16N2O/c1-2-11-19-16(13-7-4-3-5-8-13)12-15-14(17(19)20)9-6-10-18-15/h3-10,12H,2,11H2,1H3. The average molecular weight is 264 g/mol. The van der Waals surface area contributed by atoms with Crippen LogP contribution >= 0.6 is 0 Å². The maximum Gasteiger partial charge on any atom is 0.260 e. The number of benzene rings is 1. The van der Waals surface area contributed by atoms with E-state index >= 15 is 0 Å². The molecule has 0 N–H and O–H groups in total. The van der Waals surface area contributed by atoms with Crippen LogP contribution in [-0.4, -0.2) is 9.55 Å². The van der Waals surface area contributed by atoms with Crippen molar-refractivity contribution in [3.63, 3.8) is 0 Å². The summed E-state index contributed by atoms with van der Waals surface area (Å²) in [5.74, 6) is 0. The first-order chi connectivity index (χ1) is 9.81. The highest BCUT2D eigenvalue weighted by atomic mass is 16.1. The molecule has 0 aliphatic heterocycles. The van der Waals surface area contributed by atoms with E-state index in [0.717, 1.165) is 23.2 Å². The van der Waals surface area contributed by atoms with Gasteiger partial charge in [-0.25, -0.2) is 0 Å². The van der Waals surface area contributed by atoms with Gasteiger partial charge in [-0.15, -0.1) is 0 Å². The van der Waals surface area contributed by atoms with Gasteiger partial charge in [-0.1, -0.05) is 37.3 Å². The van der Waals surface area contributed by atoms with Crippen LogP contribution in [0.2, 0.25) is 0 Å². The molecule has 0 aliphatic rings. The van der Waals surface area contributed by atoms with Gasteiger partial charge in [0, 0.05) is 12.7 Å². The molecule has 0 unspecified atom stereocenters. The molecule has 100 valence electrons. The van der Waals surface area contributed by atoms with Gasteiger partial charge in [0.15, 0.2) is 0 Å². The summed E-state index contributed by atoms with van der Waals surface area (Å²) in [7, 11) is 0. The van der Waals surface area contributed by atoms with Gasteiger partial charge in [0.25, 0.3) is 5.56 Å². The minimum absolute atomic E-state index is 0.0382. The summed E-state index contributed by atoms with van der Waals surface area (Å²) in [4.78, 5) is 17.0. The molecule has 3 heteroatoms. The lowest BCUT2D eigenvalue weighted by Gasteiger charge is -2.13. The van der Waals surface area contributed by atoms with Crippen LogP contribution in [0.25, 0.3) is 22.2 Å². The first-order valence-corrected chi connectivity index (χ1v) is 6.85. The molecule has 0 saturated heterocycles. The SMILES string of the molecule is CCCn1c(-c2ccccc2)cc2ncccc2c1=O. The van der Waals surface area contributed by atoms with Crippen LogP contribution in [0.1, 0.15) is 13.3 Å². The topological polar surface area (TPSA) is 34.9 Å². The van der Waals surface area contributed by atoms with Crippen molar-refractivity contribution in [1.82, 2.24) is 9.55 Å². The molecular weight excluding hydrogens is 248 g/mol. The fourth-order valence-corrected chi connectivity index (χ4v) is 2.47. The lowest BCUT2D eigenvalue weighted by molar-refractivity contribution is 0.666. The lowest BCUT2D eigenvalue weighted by Crippen LogP contribution is -2.22. The van der Waals surface area contributed by atoms with Gasteiger partial charge in [-0.2, -0.15) is 0 Å². The van der Waals surface area contributed by atoms with Crippen LogP contribution in [-0.2, 0) is 6.54 Å². The number of aromatic nitrogens is 2. The van der Waals surface area contributed by atoms with Crippen molar-refractivity contribution in [3.05, 3.63) is 65.1 Å². The molecular formula is C17H16N2O. The zero-order valence-corrected chi connectivity index (χ0v) is 11.4. The summed E-state index contributed by atoms with van der Waals surface area (Å²) in [6.07, 6.45) is 2.65. The predicted octanol–water partition coefficient (Wildman–Crippen LogP) is 3.47. The highest BCUT2D eigenvalue weighted by molar-refractivity contribution is 5.81. The fourth-order valence-electron chi connectivity index (χ4n) is 2.47. The molecule has 3 nitrogen and oxygen atoms in total. The number of hydrogen-bond donors (Lipinski definition) is 0. The van der Waals surface area contributed by atoms with Crippen molar-refractivity contribution >= 4 is 10.9 Å². The van der Waals surface area contributed by atoms with Gasteiger partial charge >= 0.3 is 0 Å². The third-order valence-electron chi connectivity index (χ3n) is 3.40. The summed E-state index contributed by atoms with van der Waals surface area (Å²) in [5.41, 5.74) is 2.77. The number of rotatable bonds is 3. The number of nitrogens with zero attached hydrogens (tertiary/aromatic N) is 2. The van der Waals surface area contributed by atoms with E-state index in [4.69, 9.17) is 0 Å². The molecule has 3 aromatic rings. The number of fused-ring (bicyclic) bond motifs is 1. The highest BCUT2D eigenvalue weighted by Crippen LogP contribution is 2.21. The second-order valence-electron chi connectivity index (χ2n) is 4.79. The Morgan fingerprint density at radius 1 is 1.10 bits per heavy atom. The monoisotopic (exact) mass is 264 g/mol. The van der Waals surface area contributed by atoms with Crippen LogP contribution in [0.3, 0.4) is 0 Å². The molecule has 2 heterocycles. The van der Waals surface area contributed by atoms with Crippen molar-refractivity contribution in [3.8, 4) is 11.3 Å². The average Bonchev–Trinajstić information content (AvgIpc) is 2.51. The van der Waals surface area contributed by atoms with E-state index in [2.05, 4.69) is 11.9 Å². The molecule has 3 rings (SSSR count). The molecule has 0 atom stereocenters. The van der Waals surface area contributed by atoms with Crippen molar-refractivity contribution in [1.29, 1.82) is 0 Å². The third-order valence-corrected chi connectivity index (χ3v) is 3.40. The van der Waals surface area contributed by atoms with E-state index in [1.165, 1.54) is 0 Å². The van der Waals surface area contributed by atoms with Crippen molar-refractivity contribution < 1.29 is 0 Å². The van der Waals surface area contributed by atoms with Gasteiger partial charge in [-0.3, -0.25) is 9.78 Å². The van der Waals surface area contributed by atoms with Gasteiger partial charge in [0.05, 0.1) is 16.6 Å². The Hall–Kier alpha value is -2.42. The largest absolute Gasteiger partial charge is 0.308 e. The van der Waals surface area contributed by atoms with Crippen molar-refractivity contribution in [2.24, 2.45) is 0 Å². The quantitative estimate of drug-likeness (QED) is 0.726. The van der Waals surface area contributed by atoms with E-state index in [-0.39, 0.29) is 5.56 Å². The third kappa shape index (κ3) is 2.11. The van der Waals surface area contributed by atoms with E-state index in [1.54, 1.807) is 6.20 Å². The number of hydrogen-bond acceptors (Lipinski definition) is 2. The molecule has 1 aromatic carbocycles. The maximum absolute atomic E-state index is 12.6. The minimum Gasteiger partial charge on any atom is -0.308 e. The fraction of sp³-hybridized carbons (Fsp3) is 0.176. The maximum atomic E-state index is 12.6. The molecule has 2 aromatic heterocycles. The van der Waals surface area contributed by atoms with Gasteiger partial charge in [-0.05, 0) is 30.2 Å². The molecule has 0 radical (unpaired) electrons. The zero-order valence-electron chi connectivity index (χ0n) is 11.4. The predicted molar refractivity (Wildman–Crippen MR) is 81.7 cm³/mol. The molecule has 0 aliphatic carbocycles. The van der Waals surface area contributed by atoms with Crippen LogP contribution in [0.4, 0.5) is 0 Å². The highest BCUT2D eigenvalue weighted by Gasteiger charge is 2.10. The molecule has 20 heavy (non-hydrogen) atoms. The zero-order chi connectivity index (χ0) is 13.9. The Morgan fingerprint density at radius 2 is 1.90 bits per heavy atom. The van der Waals surface area contributed by atoms with Crippen molar-refractivity contribution in [2.75, 3.05) is 0 Å². The Balaban J connectivity index is 2.35. The van der Waals surface area contributed by atoms with E-state index in [1.807, 2.05) is 53.1 Å².